The molecule has 25 heavy (non-hydrogen) atoms. The van der Waals surface area contributed by atoms with Crippen LogP contribution in [0.1, 0.15) is 111 Å². The fraction of sp³-hybridized carbons (Fsp3) is 0.905. The van der Waals surface area contributed by atoms with Crippen molar-refractivity contribution in [3.8, 4) is 0 Å². The highest BCUT2D eigenvalue weighted by Gasteiger charge is 2.00. The molecular formula is C21H42O4. The Labute approximate surface area is 156 Å². The van der Waals surface area contributed by atoms with Gasteiger partial charge in [-0.2, -0.15) is 0 Å². The van der Waals surface area contributed by atoms with Gasteiger partial charge in [0.2, 0.25) is 0 Å². The molecule has 0 unspecified atom stereocenters. The topological polar surface area (TPSA) is 52.6 Å². The van der Waals surface area contributed by atoms with Crippen molar-refractivity contribution < 1.29 is 19.1 Å². The average molecular weight is 359 g/mol. The molecule has 0 aliphatic carbocycles. The van der Waals surface area contributed by atoms with E-state index in [2.05, 4.69) is 13.8 Å². The molecule has 0 bridgehead atoms. The summed E-state index contributed by atoms with van der Waals surface area (Å²) >= 11 is 0. The second-order valence-electron chi connectivity index (χ2n) is 6.29. The van der Waals surface area contributed by atoms with Crippen LogP contribution >= 0.6 is 0 Å². The predicted octanol–water partition coefficient (Wildman–Crippen LogP) is 6.21. The van der Waals surface area contributed by atoms with Crippen molar-refractivity contribution in [2.45, 2.75) is 111 Å². The third-order valence-electron chi connectivity index (χ3n) is 3.83. The molecule has 0 atom stereocenters. The minimum absolute atomic E-state index is 0.0435. The van der Waals surface area contributed by atoms with Gasteiger partial charge in [0.1, 0.15) is 0 Å². The Bertz CT molecular complexity index is 290. The van der Waals surface area contributed by atoms with Gasteiger partial charge in [0.15, 0.2) is 0 Å². The van der Waals surface area contributed by atoms with E-state index in [1.54, 1.807) is 0 Å². The Morgan fingerprint density at radius 2 is 0.840 bits per heavy atom. The fourth-order valence-electron chi connectivity index (χ4n) is 2.39. The number of carbonyl (C=O) groups is 2. The van der Waals surface area contributed by atoms with E-state index in [0.29, 0.717) is 26.1 Å². The van der Waals surface area contributed by atoms with E-state index < -0.39 is 0 Å². The zero-order valence-corrected chi connectivity index (χ0v) is 17.2. The van der Waals surface area contributed by atoms with E-state index in [1.165, 1.54) is 51.4 Å². The van der Waals surface area contributed by atoms with Gasteiger partial charge in [-0.15, -0.1) is 0 Å². The van der Waals surface area contributed by atoms with E-state index in [4.69, 9.17) is 9.47 Å². The first-order valence-electron chi connectivity index (χ1n) is 10.4. The van der Waals surface area contributed by atoms with Crippen LogP contribution < -0.4 is 0 Å². The van der Waals surface area contributed by atoms with Crippen molar-refractivity contribution >= 4 is 11.9 Å². The molecule has 0 aromatic carbocycles. The summed E-state index contributed by atoms with van der Waals surface area (Å²) in [6.45, 7) is 9.10. The molecule has 150 valence electrons. The Morgan fingerprint density at radius 3 is 1.16 bits per heavy atom. The van der Waals surface area contributed by atoms with Gasteiger partial charge in [-0.25, -0.2) is 0 Å². The fourth-order valence-corrected chi connectivity index (χ4v) is 2.39. The molecule has 0 aromatic rings. The highest BCUT2D eigenvalue weighted by molar-refractivity contribution is 5.69. The molecule has 0 fully saturated rings. The number of esters is 2. The van der Waals surface area contributed by atoms with Crippen molar-refractivity contribution in [2.75, 3.05) is 13.2 Å². The Morgan fingerprint density at radius 1 is 0.520 bits per heavy atom. The van der Waals surface area contributed by atoms with Crippen LogP contribution in [0.3, 0.4) is 0 Å². The summed E-state index contributed by atoms with van der Waals surface area (Å²) in [5.41, 5.74) is 0. The van der Waals surface area contributed by atoms with E-state index in [1.807, 2.05) is 13.8 Å². The summed E-state index contributed by atoms with van der Waals surface area (Å²) in [7, 11) is 0. The van der Waals surface area contributed by atoms with Crippen molar-refractivity contribution in [3.63, 3.8) is 0 Å². The Kier molecular flexibility index (Phi) is 24.0. The lowest BCUT2D eigenvalue weighted by molar-refractivity contribution is -0.144. The molecule has 0 saturated heterocycles. The lowest BCUT2D eigenvalue weighted by Crippen LogP contribution is -2.03. The zero-order chi connectivity index (χ0) is 19.2. The van der Waals surface area contributed by atoms with Gasteiger partial charge >= 0.3 is 11.9 Å². The van der Waals surface area contributed by atoms with Gasteiger partial charge in [0.25, 0.3) is 0 Å². The summed E-state index contributed by atoms with van der Waals surface area (Å²) in [6, 6.07) is 0. The lowest BCUT2D eigenvalue weighted by atomic mass is 10.1. The number of ether oxygens (including phenoxy) is 2. The SMILES string of the molecule is CCCCCCCC(=O)OCC.CCCCCCCCC(=O)OCC. The summed E-state index contributed by atoms with van der Waals surface area (Å²) in [4.78, 5) is 21.8. The average Bonchev–Trinajstić information content (AvgIpc) is 2.59. The van der Waals surface area contributed by atoms with Crippen molar-refractivity contribution in [1.29, 1.82) is 0 Å². The molecule has 0 saturated carbocycles. The van der Waals surface area contributed by atoms with Crippen LogP contribution in [0.15, 0.2) is 0 Å². The monoisotopic (exact) mass is 358 g/mol. The standard InChI is InChI=1S/C11H22O2.C10H20O2/c1-3-5-6-7-8-9-10-11(12)13-4-2;1-3-5-6-7-8-9-10(11)12-4-2/h3-10H2,1-2H3;3-9H2,1-2H3. The third-order valence-corrected chi connectivity index (χ3v) is 3.83. The molecule has 0 radical (unpaired) electrons. The molecule has 0 spiro atoms. The van der Waals surface area contributed by atoms with Crippen LogP contribution in [0.5, 0.6) is 0 Å². The smallest absolute Gasteiger partial charge is 0.305 e. The van der Waals surface area contributed by atoms with Gasteiger partial charge in [0, 0.05) is 12.8 Å². The third kappa shape index (κ3) is 25.3. The van der Waals surface area contributed by atoms with Crippen LogP contribution in [0.25, 0.3) is 0 Å². The lowest BCUT2D eigenvalue weighted by Gasteiger charge is -2.01. The molecular weight excluding hydrogens is 316 g/mol. The molecule has 0 aliphatic rings. The highest BCUT2D eigenvalue weighted by Crippen LogP contribution is 2.07. The predicted molar refractivity (Wildman–Crippen MR) is 105 cm³/mol. The highest BCUT2D eigenvalue weighted by atomic mass is 16.5. The van der Waals surface area contributed by atoms with E-state index >= 15 is 0 Å². The van der Waals surface area contributed by atoms with E-state index in [9.17, 15) is 9.59 Å². The van der Waals surface area contributed by atoms with Crippen LogP contribution in [-0.4, -0.2) is 25.2 Å². The molecule has 0 heterocycles. The van der Waals surface area contributed by atoms with Crippen molar-refractivity contribution in [2.24, 2.45) is 0 Å². The second-order valence-corrected chi connectivity index (χ2v) is 6.29. The zero-order valence-electron chi connectivity index (χ0n) is 17.2. The van der Waals surface area contributed by atoms with E-state index in [0.717, 1.165) is 19.3 Å². The molecule has 0 N–H and O–H groups in total. The Balaban J connectivity index is 0. The van der Waals surface area contributed by atoms with E-state index in [-0.39, 0.29) is 11.9 Å². The largest absolute Gasteiger partial charge is 0.466 e. The molecule has 4 heteroatoms. The maximum absolute atomic E-state index is 10.9. The van der Waals surface area contributed by atoms with Crippen molar-refractivity contribution in [3.05, 3.63) is 0 Å². The first-order chi connectivity index (χ1) is 12.1. The summed E-state index contributed by atoms with van der Waals surface area (Å²) in [5, 5.41) is 0. The molecule has 0 rings (SSSR count). The van der Waals surface area contributed by atoms with Crippen LogP contribution in [0.2, 0.25) is 0 Å². The Hall–Kier alpha value is -1.06. The van der Waals surface area contributed by atoms with Gasteiger partial charge < -0.3 is 9.47 Å². The van der Waals surface area contributed by atoms with Crippen LogP contribution in [0.4, 0.5) is 0 Å². The number of unbranched alkanes of at least 4 members (excludes halogenated alkanes) is 9. The maximum Gasteiger partial charge on any atom is 0.305 e. The van der Waals surface area contributed by atoms with Gasteiger partial charge in [-0.05, 0) is 26.7 Å². The maximum atomic E-state index is 10.9. The first kappa shape index (κ1) is 26.2. The van der Waals surface area contributed by atoms with Gasteiger partial charge in [0.05, 0.1) is 13.2 Å². The minimum atomic E-state index is -0.0472. The normalized spacial score (nSPS) is 9.92. The number of carbonyl (C=O) groups excluding carboxylic acids is 2. The van der Waals surface area contributed by atoms with Crippen LogP contribution in [0, 0.1) is 0 Å². The molecule has 0 amide bonds. The molecule has 0 aromatic heterocycles. The quantitative estimate of drug-likeness (QED) is 0.258. The first-order valence-corrected chi connectivity index (χ1v) is 10.4. The van der Waals surface area contributed by atoms with Crippen molar-refractivity contribution in [1.82, 2.24) is 0 Å². The van der Waals surface area contributed by atoms with Crippen LogP contribution in [-0.2, 0) is 19.1 Å². The number of hydrogen-bond donors (Lipinski definition) is 0. The number of rotatable bonds is 15. The summed E-state index contributed by atoms with van der Waals surface area (Å²) in [6.07, 6.45) is 14.4. The van der Waals surface area contributed by atoms with Gasteiger partial charge in [-0.1, -0.05) is 71.6 Å². The van der Waals surface area contributed by atoms with Gasteiger partial charge in [-0.3, -0.25) is 9.59 Å². The molecule has 0 aliphatic heterocycles. The number of hydrogen-bond acceptors (Lipinski definition) is 4. The summed E-state index contributed by atoms with van der Waals surface area (Å²) < 4.78 is 9.64. The molecule has 4 nitrogen and oxygen atoms in total. The minimum Gasteiger partial charge on any atom is -0.466 e. The summed E-state index contributed by atoms with van der Waals surface area (Å²) in [5.74, 6) is -0.0908. The second kappa shape index (κ2) is 22.9.